The van der Waals surface area contributed by atoms with Crippen LogP contribution in [0.4, 0.5) is 0 Å². The molecule has 0 spiro atoms. The molecule has 5 nitrogen and oxygen atoms in total. The van der Waals surface area contributed by atoms with Gasteiger partial charge in [0.25, 0.3) is 0 Å². The second-order valence-corrected chi connectivity index (χ2v) is 8.24. The van der Waals surface area contributed by atoms with Crippen LogP contribution < -0.4 is 5.32 Å². The van der Waals surface area contributed by atoms with E-state index in [1.165, 1.54) is 17.8 Å². The molecular weight excluding hydrogens is 362 g/mol. The van der Waals surface area contributed by atoms with Gasteiger partial charge < -0.3 is 20.6 Å². The van der Waals surface area contributed by atoms with E-state index in [1.54, 1.807) is 12.1 Å². The van der Waals surface area contributed by atoms with E-state index in [0.717, 1.165) is 12.0 Å². The standard InChI is InChI=1S/C21H27NO4S/c1-20(2,12-15-7-5-4-6-8-15)22-14-21(26,13-19(24)25)16-9-10-17(23)18(11-16)27-3/h4-11,22-23,26H,12-14H2,1-3H3,(H,24,25). The van der Waals surface area contributed by atoms with Gasteiger partial charge in [0.2, 0.25) is 0 Å². The maximum atomic E-state index is 11.4. The van der Waals surface area contributed by atoms with Gasteiger partial charge in [0.05, 0.1) is 6.42 Å². The Morgan fingerprint density at radius 1 is 1.15 bits per heavy atom. The number of carbonyl (C=O) groups is 1. The fourth-order valence-corrected chi connectivity index (χ4v) is 3.56. The molecule has 0 aromatic heterocycles. The molecular formula is C21H27NO4S. The maximum Gasteiger partial charge on any atom is 0.306 e. The summed E-state index contributed by atoms with van der Waals surface area (Å²) in [6.07, 6.45) is 2.12. The first kappa shape index (κ1) is 21.3. The lowest BCUT2D eigenvalue weighted by atomic mass is 9.88. The molecule has 0 amide bonds. The predicted octanol–water partition coefficient (Wildman–Crippen LogP) is 3.39. The summed E-state index contributed by atoms with van der Waals surface area (Å²) in [7, 11) is 0. The summed E-state index contributed by atoms with van der Waals surface area (Å²) in [6, 6.07) is 14.7. The summed E-state index contributed by atoms with van der Waals surface area (Å²) in [4.78, 5) is 12.0. The topological polar surface area (TPSA) is 89.8 Å². The zero-order valence-corrected chi connectivity index (χ0v) is 16.7. The molecule has 0 heterocycles. The van der Waals surface area contributed by atoms with Gasteiger partial charge in [0.1, 0.15) is 11.4 Å². The number of aliphatic carboxylic acids is 1. The van der Waals surface area contributed by atoms with Crippen LogP contribution >= 0.6 is 11.8 Å². The van der Waals surface area contributed by atoms with Crippen molar-refractivity contribution < 1.29 is 20.1 Å². The minimum atomic E-state index is -1.59. The third kappa shape index (κ3) is 5.99. The number of aliphatic hydroxyl groups is 1. The average Bonchev–Trinajstić information content (AvgIpc) is 2.60. The molecule has 146 valence electrons. The molecule has 1 unspecified atom stereocenters. The van der Waals surface area contributed by atoms with Gasteiger partial charge in [-0.05, 0) is 49.8 Å². The number of thioether (sulfide) groups is 1. The van der Waals surface area contributed by atoms with E-state index in [9.17, 15) is 20.1 Å². The number of hydrogen-bond acceptors (Lipinski definition) is 5. The Balaban J connectivity index is 2.21. The zero-order chi connectivity index (χ0) is 20.1. The van der Waals surface area contributed by atoms with Crippen LogP contribution in [0.1, 0.15) is 31.4 Å². The molecule has 0 aliphatic rings. The first-order valence-electron chi connectivity index (χ1n) is 8.76. The Hall–Kier alpha value is -2.02. The van der Waals surface area contributed by atoms with Crippen LogP contribution in [0.3, 0.4) is 0 Å². The molecule has 0 bridgehead atoms. The van der Waals surface area contributed by atoms with Gasteiger partial charge >= 0.3 is 5.97 Å². The van der Waals surface area contributed by atoms with E-state index in [1.807, 2.05) is 50.4 Å². The van der Waals surface area contributed by atoms with Crippen LogP contribution in [0.15, 0.2) is 53.4 Å². The Morgan fingerprint density at radius 2 is 1.81 bits per heavy atom. The van der Waals surface area contributed by atoms with Gasteiger partial charge in [0, 0.05) is 17.0 Å². The second kappa shape index (κ2) is 8.78. The lowest BCUT2D eigenvalue weighted by Gasteiger charge is -2.34. The van der Waals surface area contributed by atoms with Crippen molar-refractivity contribution in [3.63, 3.8) is 0 Å². The molecule has 0 fully saturated rings. The van der Waals surface area contributed by atoms with Crippen molar-refractivity contribution >= 4 is 17.7 Å². The van der Waals surface area contributed by atoms with E-state index < -0.39 is 18.0 Å². The summed E-state index contributed by atoms with van der Waals surface area (Å²) < 4.78 is 0. The average molecular weight is 390 g/mol. The lowest BCUT2D eigenvalue weighted by molar-refractivity contribution is -0.143. The molecule has 0 aliphatic carbocycles. The highest BCUT2D eigenvalue weighted by Gasteiger charge is 2.34. The lowest BCUT2D eigenvalue weighted by Crippen LogP contribution is -2.49. The quantitative estimate of drug-likeness (QED) is 0.492. The summed E-state index contributed by atoms with van der Waals surface area (Å²) >= 11 is 1.34. The van der Waals surface area contributed by atoms with Crippen molar-refractivity contribution in [1.29, 1.82) is 0 Å². The Labute approximate surface area is 164 Å². The molecule has 4 N–H and O–H groups in total. The number of phenolic OH excluding ortho intramolecular Hbond substituents is 1. The van der Waals surface area contributed by atoms with Gasteiger partial charge in [-0.2, -0.15) is 0 Å². The first-order chi connectivity index (χ1) is 12.6. The summed E-state index contributed by atoms with van der Waals surface area (Å²) in [6.45, 7) is 4.12. The maximum absolute atomic E-state index is 11.4. The number of β-amino-alcohol motifs (C(OH)–C–C–N with tert-alkyl or cyclic N) is 1. The molecule has 27 heavy (non-hydrogen) atoms. The fraction of sp³-hybridized carbons (Fsp3) is 0.381. The highest BCUT2D eigenvalue weighted by atomic mass is 32.2. The van der Waals surface area contributed by atoms with Crippen LogP contribution in [0.2, 0.25) is 0 Å². The van der Waals surface area contributed by atoms with Crippen LogP contribution in [-0.2, 0) is 16.8 Å². The molecule has 6 heteroatoms. The van der Waals surface area contributed by atoms with E-state index in [-0.39, 0.29) is 17.8 Å². The predicted molar refractivity (Wildman–Crippen MR) is 108 cm³/mol. The number of phenols is 1. The molecule has 0 saturated carbocycles. The Morgan fingerprint density at radius 3 is 2.41 bits per heavy atom. The van der Waals surface area contributed by atoms with Crippen molar-refractivity contribution in [2.45, 2.75) is 42.7 Å². The van der Waals surface area contributed by atoms with Crippen molar-refractivity contribution in [3.05, 3.63) is 59.7 Å². The molecule has 0 aliphatic heterocycles. The van der Waals surface area contributed by atoms with E-state index >= 15 is 0 Å². The minimum Gasteiger partial charge on any atom is -0.507 e. The van der Waals surface area contributed by atoms with Crippen molar-refractivity contribution in [1.82, 2.24) is 5.32 Å². The van der Waals surface area contributed by atoms with E-state index in [4.69, 9.17) is 0 Å². The number of hydrogen-bond donors (Lipinski definition) is 4. The summed E-state index contributed by atoms with van der Waals surface area (Å²) in [5, 5.41) is 33.7. The first-order valence-corrected chi connectivity index (χ1v) is 9.98. The highest BCUT2D eigenvalue weighted by molar-refractivity contribution is 7.98. The Bertz CT molecular complexity index is 779. The van der Waals surface area contributed by atoms with Crippen LogP contribution in [0.5, 0.6) is 5.75 Å². The monoisotopic (exact) mass is 389 g/mol. The van der Waals surface area contributed by atoms with Crippen LogP contribution in [0, 0.1) is 0 Å². The molecule has 2 aromatic carbocycles. The third-order valence-corrected chi connectivity index (χ3v) is 5.28. The van der Waals surface area contributed by atoms with Gasteiger partial charge in [-0.1, -0.05) is 36.4 Å². The van der Waals surface area contributed by atoms with Crippen LogP contribution in [-0.4, -0.2) is 39.6 Å². The largest absolute Gasteiger partial charge is 0.507 e. The molecule has 2 rings (SSSR count). The summed E-state index contributed by atoms with van der Waals surface area (Å²) in [5.74, 6) is -0.972. The van der Waals surface area contributed by atoms with Gasteiger partial charge in [0.15, 0.2) is 0 Å². The normalized spacial score (nSPS) is 13.9. The van der Waals surface area contributed by atoms with Gasteiger partial charge in [-0.25, -0.2) is 0 Å². The SMILES string of the molecule is CSc1cc(C(O)(CNC(C)(C)Cc2ccccc2)CC(=O)O)ccc1O. The fourth-order valence-electron chi connectivity index (χ4n) is 3.04. The number of benzene rings is 2. The number of nitrogens with one attached hydrogen (secondary N) is 1. The van der Waals surface area contributed by atoms with Crippen molar-refractivity contribution in [2.24, 2.45) is 0 Å². The van der Waals surface area contributed by atoms with Gasteiger partial charge in [-0.3, -0.25) is 4.79 Å². The zero-order valence-electron chi connectivity index (χ0n) is 15.9. The highest BCUT2D eigenvalue weighted by Crippen LogP contribution is 2.33. The number of aromatic hydroxyl groups is 1. The van der Waals surface area contributed by atoms with Crippen LogP contribution in [0.25, 0.3) is 0 Å². The van der Waals surface area contributed by atoms with Gasteiger partial charge in [-0.15, -0.1) is 11.8 Å². The number of carboxylic acid groups (broad SMARTS) is 1. The summed E-state index contributed by atoms with van der Waals surface area (Å²) in [5.41, 5.74) is -0.299. The molecule has 0 radical (unpaired) electrons. The smallest absolute Gasteiger partial charge is 0.306 e. The minimum absolute atomic E-state index is 0.0811. The third-order valence-electron chi connectivity index (χ3n) is 4.51. The van der Waals surface area contributed by atoms with E-state index in [0.29, 0.717) is 10.5 Å². The number of carboxylic acids is 1. The van der Waals surface area contributed by atoms with E-state index in [2.05, 4.69) is 5.32 Å². The molecule has 0 saturated heterocycles. The second-order valence-electron chi connectivity index (χ2n) is 7.39. The van der Waals surface area contributed by atoms with Crippen molar-refractivity contribution in [3.8, 4) is 5.75 Å². The molecule has 1 atom stereocenters. The molecule has 2 aromatic rings. The van der Waals surface area contributed by atoms with Crippen molar-refractivity contribution in [2.75, 3.05) is 12.8 Å². The number of rotatable bonds is 9. The Kier molecular flexibility index (Phi) is 6.92.